The predicted molar refractivity (Wildman–Crippen MR) is 75.6 cm³/mol. The van der Waals surface area contributed by atoms with Gasteiger partial charge in [-0.25, -0.2) is 9.78 Å². The molecule has 6 heteroatoms. The van der Waals surface area contributed by atoms with Crippen LogP contribution >= 0.6 is 0 Å². The van der Waals surface area contributed by atoms with Crippen LogP contribution in [-0.4, -0.2) is 45.9 Å². The molecule has 3 heterocycles. The third-order valence-corrected chi connectivity index (χ3v) is 3.79. The zero-order valence-electron chi connectivity index (χ0n) is 11.9. The number of carbonyl (C=O) groups is 2. The van der Waals surface area contributed by atoms with E-state index in [9.17, 15) is 9.59 Å². The Kier molecular flexibility index (Phi) is 3.60. The van der Waals surface area contributed by atoms with Crippen molar-refractivity contribution in [2.45, 2.75) is 25.3 Å². The molecule has 3 rings (SSSR count). The highest BCUT2D eigenvalue weighted by atomic mass is 16.5. The van der Waals surface area contributed by atoms with E-state index in [2.05, 4.69) is 4.98 Å². The number of methoxy groups -OCH3 is 1. The van der Waals surface area contributed by atoms with Crippen molar-refractivity contribution >= 4 is 17.5 Å². The molecule has 0 spiro atoms. The minimum absolute atomic E-state index is 0.0775. The molecule has 1 atom stereocenters. The monoisotopic (exact) mass is 287 g/mol. The van der Waals surface area contributed by atoms with Gasteiger partial charge in [0.1, 0.15) is 11.7 Å². The number of rotatable bonds is 3. The summed E-state index contributed by atoms with van der Waals surface area (Å²) in [6, 6.07) is 5.26. The Balaban J connectivity index is 1.74. The highest BCUT2D eigenvalue weighted by molar-refractivity contribution is 5.86. The highest BCUT2D eigenvalue weighted by Crippen LogP contribution is 2.19. The third kappa shape index (κ3) is 2.61. The number of hydrogen-bond donors (Lipinski definition) is 0. The summed E-state index contributed by atoms with van der Waals surface area (Å²) in [5.74, 6) is -0.415. The Morgan fingerprint density at radius 2 is 2.29 bits per heavy atom. The van der Waals surface area contributed by atoms with Gasteiger partial charge in [0, 0.05) is 18.9 Å². The van der Waals surface area contributed by atoms with E-state index in [1.54, 1.807) is 4.90 Å². The summed E-state index contributed by atoms with van der Waals surface area (Å²) in [5.41, 5.74) is 1.52. The van der Waals surface area contributed by atoms with Crippen LogP contribution in [0.3, 0.4) is 0 Å². The molecule has 1 amide bonds. The van der Waals surface area contributed by atoms with Gasteiger partial charge in [-0.2, -0.15) is 0 Å². The number of amides is 1. The number of imidazole rings is 1. The molecule has 0 bridgehead atoms. The van der Waals surface area contributed by atoms with Gasteiger partial charge in [0.05, 0.1) is 19.2 Å². The van der Waals surface area contributed by atoms with Crippen molar-refractivity contribution < 1.29 is 14.3 Å². The second-order valence-electron chi connectivity index (χ2n) is 5.14. The summed E-state index contributed by atoms with van der Waals surface area (Å²) >= 11 is 0. The van der Waals surface area contributed by atoms with Crippen LogP contribution in [0.2, 0.25) is 0 Å². The molecule has 1 saturated heterocycles. The van der Waals surface area contributed by atoms with Crippen molar-refractivity contribution in [3.05, 3.63) is 36.3 Å². The quantitative estimate of drug-likeness (QED) is 0.791. The minimum Gasteiger partial charge on any atom is -0.467 e. The van der Waals surface area contributed by atoms with E-state index in [4.69, 9.17) is 4.74 Å². The second kappa shape index (κ2) is 5.55. The van der Waals surface area contributed by atoms with Crippen molar-refractivity contribution in [2.24, 2.45) is 0 Å². The first-order valence-corrected chi connectivity index (χ1v) is 6.99. The molecule has 0 aromatic carbocycles. The first-order valence-electron chi connectivity index (χ1n) is 6.99. The van der Waals surface area contributed by atoms with Gasteiger partial charge in [0.25, 0.3) is 0 Å². The zero-order chi connectivity index (χ0) is 14.8. The van der Waals surface area contributed by atoms with E-state index in [1.165, 1.54) is 7.11 Å². The molecule has 21 heavy (non-hydrogen) atoms. The average Bonchev–Trinajstić information content (AvgIpc) is 3.12. The smallest absolute Gasteiger partial charge is 0.328 e. The first kappa shape index (κ1) is 13.6. The molecule has 2 aromatic rings. The number of pyridine rings is 1. The molecule has 110 valence electrons. The lowest BCUT2D eigenvalue weighted by molar-refractivity contribution is -0.150. The molecule has 1 aliphatic rings. The maximum atomic E-state index is 12.4. The molecule has 0 saturated carbocycles. The molecule has 2 aromatic heterocycles. The Labute approximate surface area is 122 Å². The summed E-state index contributed by atoms with van der Waals surface area (Å²) in [7, 11) is 1.35. The summed E-state index contributed by atoms with van der Waals surface area (Å²) in [5, 5.41) is 0. The van der Waals surface area contributed by atoms with Crippen LogP contribution < -0.4 is 0 Å². The number of aromatic nitrogens is 2. The summed E-state index contributed by atoms with van der Waals surface area (Å²) in [6.45, 7) is 0.603. The van der Waals surface area contributed by atoms with Crippen molar-refractivity contribution in [2.75, 3.05) is 13.7 Å². The number of ether oxygens (including phenoxy) is 1. The number of carbonyl (C=O) groups excluding carboxylic acids is 2. The number of likely N-dealkylation sites (tertiary alicyclic amines) is 1. The Morgan fingerprint density at radius 3 is 3.05 bits per heavy atom. The van der Waals surface area contributed by atoms with E-state index in [0.717, 1.165) is 12.1 Å². The minimum atomic E-state index is -0.445. The molecule has 0 aliphatic carbocycles. The molecule has 1 fully saturated rings. The lowest BCUT2D eigenvalue weighted by atomic mass is 10.2. The number of nitrogens with zero attached hydrogens (tertiary/aromatic N) is 3. The number of hydrogen-bond acceptors (Lipinski definition) is 4. The molecule has 0 radical (unpaired) electrons. The topological polar surface area (TPSA) is 63.9 Å². The lowest BCUT2D eigenvalue weighted by Gasteiger charge is -2.22. The van der Waals surface area contributed by atoms with Crippen LogP contribution in [0.5, 0.6) is 0 Å². The van der Waals surface area contributed by atoms with Crippen molar-refractivity contribution in [1.29, 1.82) is 0 Å². The average molecular weight is 287 g/mol. The molecule has 1 unspecified atom stereocenters. The van der Waals surface area contributed by atoms with Crippen molar-refractivity contribution in [1.82, 2.24) is 14.3 Å². The maximum Gasteiger partial charge on any atom is 0.328 e. The predicted octanol–water partition coefficient (Wildman–Crippen LogP) is 1.04. The van der Waals surface area contributed by atoms with Gasteiger partial charge in [-0.05, 0) is 25.0 Å². The first-order chi connectivity index (χ1) is 10.2. The fourth-order valence-corrected chi connectivity index (χ4v) is 2.78. The fourth-order valence-electron chi connectivity index (χ4n) is 2.78. The van der Waals surface area contributed by atoms with Gasteiger partial charge in [-0.3, -0.25) is 4.79 Å². The van der Waals surface area contributed by atoms with E-state index >= 15 is 0 Å². The van der Waals surface area contributed by atoms with Crippen molar-refractivity contribution in [3.8, 4) is 0 Å². The van der Waals surface area contributed by atoms with Crippen LogP contribution in [0.1, 0.15) is 18.5 Å². The number of esters is 1. The van der Waals surface area contributed by atoms with Crippen molar-refractivity contribution in [3.63, 3.8) is 0 Å². The third-order valence-electron chi connectivity index (χ3n) is 3.79. The summed E-state index contributed by atoms with van der Waals surface area (Å²) < 4.78 is 6.64. The zero-order valence-corrected chi connectivity index (χ0v) is 11.9. The van der Waals surface area contributed by atoms with Gasteiger partial charge in [0.15, 0.2) is 0 Å². The maximum absolute atomic E-state index is 12.4. The van der Waals surface area contributed by atoms with Gasteiger partial charge in [-0.15, -0.1) is 0 Å². The van der Waals surface area contributed by atoms with Gasteiger partial charge in [-0.1, -0.05) is 6.07 Å². The highest BCUT2D eigenvalue weighted by Gasteiger charge is 2.34. The van der Waals surface area contributed by atoms with Crippen LogP contribution in [0.15, 0.2) is 30.6 Å². The van der Waals surface area contributed by atoms with E-state index in [1.807, 2.05) is 35.0 Å². The Bertz CT molecular complexity index is 647. The Morgan fingerprint density at radius 1 is 1.43 bits per heavy atom. The molecular weight excluding hydrogens is 270 g/mol. The number of fused-ring (bicyclic) bond motifs is 1. The van der Waals surface area contributed by atoms with E-state index < -0.39 is 6.04 Å². The molecule has 0 N–H and O–H groups in total. The van der Waals surface area contributed by atoms with Crippen LogP contribution in [0.4, 0.5) is 0 Å². The normalized spacial score (nSPS) is 18.1. The summed E-state index contributed by atoms with van der Waals surface area (Å²) in [4.78, 5) is 30.1. The standard InChI is InChI=1S/C15H17N3O3/c1-21-15(20)12-5-4-8-18(12)14(19)9-11-10-17-7-3-2-6-13(17)16-11/h2-3,6-7,10,12H,4-5,8-9H2,1H3. The van der Waals surface area contributed by atoms with Gasteiger partial charge in [0.2, 0.25) is 5.91 Å². The van der Waals surface area contributed by atoms with Gasteiger partial charge < -0.3 is 14.0 Å². The summed E-state index contributed by atoms with van der Waals surface area (Å²) in [6.07, 6.45) is 5.44. The molecule has 1 aliphatic heterocycles. The molecule has 6 nitrogen and oxygen atoms in total. The second-order valence-corrected chi connectivity index (χ2v) is 5.14. The van der Waals surface area contributed by atoms with Gasteiger partial charge >= 0.3 is 5.97 Å². The van der Waals surface area contributed by atoms with Crippen LogP contribution in [-0.2, 0) is 20.7 Å². The fraction of sp³-hybridized carbons (Fsp3) is 0.400. The van der Waals surface area contributed by atoms with Crippen LogP contribution in [0.25, 0.3) is 5.65 Å². The Hall–Kier alpha value is -2.37. The largest absolute Gasteiger partial charge is 0.467 e. The lowest BCUT2D eigenvalue weighted by Crippen LogP contribution is -2.41. The molecular formula is C15H17N3O3. The van der Waals surface area contributed by atoms with E-state index in [0.29, 0.717) is 18.7 Å². The van der Waals surface area contributed by atoms with Crippen LogP contribution in [0, 0.1) is 0 Å². The SMILES string of the molecule is COC(=O)C1CCCN1C(=O)Cc1cn2ccccc2n1. The van der Waals surface area contributed by atoms with E-state index in [-0.39, 0.29) is 18.3 Å².